The fraction of sp³-hybridized carbons (Fsp3) is 0.344. The number of methoxy groups -OCH3 is 1. The van der Waals surface area contributed by atoms with Gasteiger partial charge in [-0.05, 0) is 66.6 Å². The molecule has 0 saturated heterocycles. The molecular formula is C32H34F3NO5S. The number of halogens is 3. The highest BCUT2D eigenvalue weighted by Gasteiger charge is 2.39. The zero-order chi connectivity index (χ0) is 30.2. The zero-order valence-electron chi connectivity index (χ0n) is 23.2. The first-order chi connectivity index (χ1) is 20.1. The highest BCUT2D eigenvalue weighted by Crippen LogP contribution is 2.34. The molecule has 1 N–H and O–H groups in total. The van der Waals surface area contributed by atoms with Crippen LogP contribution in [0.2, 0.25) is 0 Å². The van der Waals surface area contributed by atoms with E-state index in [0.29, 0.717) is 32.3 Å². The summed E-state index contributed by atoms with van der Waals surface area (Å²) in [6, 6.07) is 21.1. The summed E-state index contributed by atoms with van der Waals surface area (Å²) in [5.41, 5.74) is 2.27. The number of carbonyl (C=O) groups excluding carboxylic acids is 1. The average Bonchev–Trinajstić information content (AvgIpc) is 3.36. The van der Waals surface area contributed by atoms with Gasteiger partial charge in [0.25, 0.3) is 0 Å². The van der Waals surface area contributed by atoms with E-state index in [0.717, 1.165) is 41.0 Å². The normalized spacial score (nSPS) is 19.3. The third kappa shape index (κ3) is 8.53. The van der Waals surface area contributed by atoms with Gasteiger partial charge < -0.3 is 9.47 Å². The van der Waals surface area contributed by atoms with Crippen LogP contribution in [0.1, 0.15) is 43.2 Å². The molecule has 3 aromatic carbocycles. The van der Waals surface area contributed by atoms with Crippen molar-refractivity contribution in [1.29, 1.82) is 0 Å². The molecule has 1 saturated carbocycles. The van der Waals surface area contributed by atoms with Crippen molar-refractivity contribution in [3.8, 4) is 11.1 Å². The van der Waals surface area contributed by atoms with Crippen LogP contribution in [-0.4, -0.2) is 33.6 Å². The topological polar surface area (TPSA) is 81.7 Å². The number of alkyl halides is 3. The lowest BCUT2D eigenvalue weighted by Gasteiger charge is -2.25. The van der Waals surface area contributed by atoms with E-state index in [1.165, 1.54) is 7.11 Å². The smallest absolute Gasteiger partial charge is 0.416 e. The molecule has 1 aliphatic rings. The minimum Gasteiger partial charge on any atom is -0.469 e. The molecule has 4 rings (SSSR count). The van der Waals surface area contributed by atoms with Crippen LogP contribution in [0.5, 0.6) is 0 Å². The molecule has 10 heteroatoms. The Kier molecular flexibility index (Phi) is 10.6. The number of hydrogen-bond acceptors (Lipinski definition) is 5. The molecule has 224 valence electrons. The van der Waals surface area contributed by atoms with Crippen molar-refractivity contribution in [2.75, 3.05) is 7.11 Å². The van der Waals surface area contributed by atoms with Crippen LogP contribution in [0.15, 0.2) is 95.9 Å². The van der Waals surface area contributed by atoms with Crippen molar-refractivity contribution < 1.29 is 35.9 Å². The van der Waals surface area contributed by atoms with E-state index >= 15 is 0 Å². The van der Waals surface area contributed by atoms with Gasteiger partial charge in [0.1, 0.15) is 0 Å². The molecule has 0 aliphatic heterocycles. The number of benzene rings is 3. The number of allylic oxidation sites excluding steroid dienone is 2. The monoisotopic (exact) mass is 601 g/mol. The average molecular weight is 602 g/mol. The van der Waals surface area contributed by atoms with Crippen LogP contribution >= 0.6 is 0 Å². The Morgan fingerprint density at radius 3 is 2.24 bits per heavy atom. The Morgan fingerprint density at radius 1 is 0.929 bits per heavy atom. The first-order valence-corrected chi connectivity index (χ1v) is 15.2. The Hall–Kier alpha value is -3.47. The maximum atomic E-state index is 13.1. The largest absolute Gasteiger partial charge is 0.469 e. The van der Waals surface area contributed by atoms with Gasteiger partial charge in [-0.25, -0.2) is 13.1 Å². The lowest BCUT2D eigenvalue weighted by Crippen LogP contribution is -2.39. The van der Waals surface area contributed by atoms with Crippen molar-refractivity contribution in [1.82, 2.24) is 4.72 Å². The number of nitrogens with one attached hydrogen (secondary N) is 1. The summed E-state index contributed by atoms with van der Waals surface area (Å²) >= 11 is 0. The molecule has 3 aromatic rings. The van der Waals surface area contributed by atoms with E-state index in [1.807, 2.05) is 66.7 Å². The first kappa shape index (κ1) is 31.5. The molecule has 42 heavy (non-hydrogen) atoms. The molecular weight excluding hydrogens is 567 g/mol. The number of ether oxygens (including phenoxy) is 2. The van der Waals surface area contributed by atoms with Gasteiger partial charge >= 0.3 is 12.1 Å². The minimum absolute atomic E-state index is 0.216. The standard InChI is InChI=1S/C32H34F3NO5S/c1-40-31(37)11-7-3-6-10-28-29(36-42(38,39)27-18-16-26(17-19-27)32(33,34)35)20-21-30(28)41-22-23-12-14-25(15-13-23)24-8-4-2-5-9-24/h2-6,8-9,12-19,28-30,36H,7,10-11,20-22H2,1H3/b6-3-/t28-,29+,30+/m1/s1. The quantitative estimate of drug-likeness (QED) is 0.180. The van der Waals surface area contributed by atoms with Crippen LogP contribution in [-0.2, 0) is 37.1 Å². The van der Waals surface area contributed by atoms with Gasteiger partial charge in [-0.1, -0.05) is 66.7 Å². The maximum absolute atomic E-state index is 13.1. The Balaban J connectivity index is 1.44. The maximum Gasteiger partial charge on any atom is 0.416 e. The summed E-state index contributed by atoms with van der Waals surface area (Å²) in [7, 11) is -2.74. The number of hydrogen-bond donors (Lipinski definition) is 1. The van der Waals surface area contributed by atoms with Gasteiger partial charge in [0.2, 0.25) is 10.0 Å². The van der Waals surface area contributed by atoms with E-state index in [1.54, 1.807) is 0 Å². The van der Waals surface area contributed by atoms with E-state index in [-0.39, 0.29) is 29.3 Å². The predicted octanol–water partition coefficient (Wildman–Crippen LogP) is 6.91. The summed E-state index contributed by atoms with van der Waals surface area (Å²) in [5.74, 6) is -0.533. The molecule has 6 nitrogen and oxygen atoms in total. The summed E-state index contributed by atoms with van der Waals surface area (Å²) in [5, 5.41) is 0. The van der Waals surface area contributed by atoms with Crippen LogP contribution < -0.4 is 4.72 Å². The molecule has 1 fully saturated rings. The third-order valence-electron chi connectivity index (χ3n) is 7.40. The summed E-state index contributed by atoms with van der Waals surface area (Å²) in [6.45, 7) is 0.348. The van der Waals surface area contributed by atoms with Gasteiger partial charge in [0.15, 0.2) is 0 Å². The van der Waals surface area contributed by atoms with Crippen molar-refractivity contribution in [3.05, 3.63) is 102 Å². The minimum atomic E-state index is -4.56. The van der Waals surface area contributed by atoms with Crippen molar-refractivity contribution >= 4 is 16.0 Å². The molecule has 0 spiro atoms. The molecule has 0 radical (unpaired) electrons. The van der Waals surface area contributed by atoms with Crippen LogP contribution in [0.25, 0.3) is 11.1 Å². The Morgan fingerprint density at radius 2 is 1.60 bits per heavy atom. The molecule has 3 atom stereocenters. The second-order valence-electron chi connectivity index (χ2n) is 10.2. The van der Waals surface area contributed by atoms with Crippen LogP contribution in [0, 0.1) is 5.92 Å². The van der Waals surface area contributed by atoms with Gasteiger partial charge in [0, 0.05) is 18.4 Å². The number of esters is 1. The number of rotatable bonds is 12. The Bertz CT molecular complexity index is 1440. The van der Waals surface area contributed by atoms with Gasteiger partial charge in [-0.3, -0.25) is 4.79 Å². The van der Waals surface area contributed by atoms with Gasteiger partial charge in [-0.2, -0.15) is 13.2 Å². The van der Waals surface area contributed by atoms with Crippen molar-refractivity contribution in [2.24, 2.45) is 5.92 Å². The molecule has 1 aliphatic carbocycles. The molecule has 0 unspecified atom stereocenters. The second kappa shape index (κ2) is 14.1. The summed E-state index contributed by atoms with van der Waals surface area (Å²) in [4.78, 5) is 11.2. The molecule has 0 bridgehead atoms. The predicted molar refractivity (Wildman–Crippen MR) is 154 cm³/mol. The van der Waals surface area contributed by atoms with E-state index in [4.69, 9.17) is 4.74 Å². The van der Waals surface area contributed by atoms with E-state index < -0.39 is 27.8 Å². The highest BCUT2D eigenvalue weighted by molar-refractivity contribution is 7.89. The SMILES string of the molecule is COC(=O)CC/C=C\C[C@@H]1[C@@H](NS(=O)(=O)c2ccc(C(F)(F)F)cc2)CC[C@@H]1OCc1ccc(-c2ccccc2)cc1. The van der Waals surface area contributed by atoms with Gasteiger partial charge in [-0.15, -0.1) is 0 Å². The third-order valence-corrected chi connectivity index (χ3v) is 8.90. The molecule has 0 heterocycles. The van der Waals surface area contributed by atoms with Crippen molar-refractivity contribution in [3.63, 3.8) is 0 Å². The van der Waals surface area contributed by atoms with Crippen molar-refractivity contribution in [2.45, 2.75) is 61.9 Å². The van der Waals surface area contributed by atoms with Crippen LogP contribution in [0.3, 0.4) is 0 Å². The van der Waals surface area contributed by atoms with Crippen LogP contribution in [0.4, 0.5) is 13.2 Å². The fourth-order valence-corrected chi connectivity index (χ4v) is 6.41. The summed E-state index contributed by atoms with van der Waals surface area (Å²) in [6.07, 6.45) is 1.31. The Labute approximate surface area is 244 Å². The molecule has 0 amide bonds. The van der Waals surface area contributed by atoms with Gasteiger partial charge in [0.05, 0.1) is 30.3 Å². The second-order valence-corrected chi connectivity index (χ2v) is 11.9. The molecule has 0 aromatic heterocycles. The number of carbonyl (C=O) groups is 1. The fourth-order valence-electron chi connectivity index (χ4n) is 5.09. The first-order valence-electron chi connectivity index (χ1n) is 13.7. The lowest BCUT2D eigenvalue weighted by atomic mass is 9.97. The van der Waals surface area contributed by atoms with E-state index in [2.05, 4.69) is 9.46 Å². The summed E-state index contributed by atoms with van der Waals surface area (Å²) < 4.78 is 78.8. The lowest BCUT2D eigenvalue weighted by molar-refractivity contribution is -0.140. The van der Waals surface area contributed by atoms with E-state index in [9.17, 15) is 26.4 Å². The zero-order valence-corrected chi connectivity index (χ0v) is 24.0. The number of sulfonamides is 1. The highest BCUT2D eigenvalue weighted by atomic mass is 32.2.